The van der Waals surface area contributed by atoms with Gasteiger partial charge in [-0.2, -0.15) is 5.10 Å². The number of hydrogen-bond donors (Lipinski definition) is 1. The van der Waals surface area contributed by atoms with E-state index in [2.05, 4.69) is 45.0 Å². The number of halogens is 1. The van der Waals surface area contributed by atoms with Crippen LogP contribution < -0.4 is 5.32 Å². The van der Waals surface area contributed by atoms with Crippen LogP contribution in [0.5, 0.6) is 0 Å². The van der Waals surface area contributed by atoms with Crippen molar-refractivity contribution in [2.75, 3.05) is 6.54 Å². The topological polar surface area (TPSA) is 29.9 Å². The number of nitrogens with zero attached hydrogens (tertiary/aromatic N) is 2. The predicted molar refractivity (Wildman–Crippen MR) is 78.1 cm³/mol. The summed E-state index contributed by atoms with van der Waals surface area (Å²) in [5.41, 5.74) is 1.13. The SMILES string of the molecule is CCNC(CCC(C)C)c1c(Cl)cnn1C(C)C. The van der Waals surface area contributed by atoms with E-state index in [1.165, 1.54) is 6.42 Å². The van der Waals surface area contributed by atoms with Crippen LogP contribution in [0.4, 0.5) is 0 Å². The second-order valence-electron chi connectivity index (χ2n) is 5.50. The minimum Gasteiger partial charge on any atom is -0.309 e. The summed E-state index contributed by atoms with van der Waals surface area (Å²) in [7, 11) is 0. The minimum atomic E-state index is 0.301. The molecule has 1 atom stereocenters. The molecule has 4 heteroatoms. The van der Waals surface area contributed by atoms with Gasteiger partial charge in [0, 0.05) is 6.04 Å². The number of hydrogen-bond acceptors (Lipinski definition) is 2. The highest BCUT2D eigenvalue weighted by Crippen LogP contribution is 2.29. The zero-order valence-corrected chi connectivity index (χ0v) is 13.0. The molecule has 1 aromatic heterocycles. The highest BCUT2D eigenvalue weighted by Gasteiger charge is 2.21. The van der Waals surface area contributed by atoms with Crippen molar-refractivity contribution in [2.45, 2.75) is 59.5 Å². The Morgan fingerprint density at radius 3 is 2.44 bits per heavy atom. The fourth-order valence-corrected chi connectivity index (χ4v) is 2.43. The standard InChI is InChI=1S/C14H26ClN3/c1-6-16-13(8-7-10(2)3)14-12(15)9-17-18(14)11(4)5/h9-11,13,16H,6-8H2,1-5H3. The number of aromatic nitrogens is 2. The van der Waals surface area contributed by atoms with Crippen LogP contribution in [0.3, 0.4) is 0 Å². The van der Waals surface area contributed by atoms with E-state index in [9.17, 15) is 0 Å². The largest absolute Gasteiger partial charge is 0.309 e. The fraction of sp³-hybridized carbons (Fsp3) is 0.786. The molecule has 0 saturated carbocycles. The highest BCUT2D eigenvalue weighted by molar-refractivity contribution is 6.31. The molecule has 0 radical (unpaired) electrons. The summed E-state index contributed by atoms with van der Waals surface area (Å²) < 4.78 is 2.04. The maximum atomic E-state index is 6.31. The Morgan fingerprint density at radius 1 is 1.28 bits per heavy atom. The number of rotatable bonds is 7. The molecule has 0 fully saturated rings. The van der Waals surface area contributed by atoms with Gasteiger partial charge in [-0.25, -0.2) is 0 Å². The summed E-state index contributed by atoms with van der Waals surface area (Å²) in [6.45, 7) is 11.9. The maximum Gasteiger partial charge on any atom is 0.0834 e. The van der Waals surface area contributed by atoms with Gasteiger partial charge in [0.05, 0.1) is 23.0 Å². The van der Waals surface area contributed by atoms with Gasteiger partial charge in [-0.3, -0.25) is 4.68 Å². The third-order valence-corrected chi connectivity index (χ3v) is 3.38. The minimum absolute atomic E-state index is 0.301. The molecular formula is C14H26ClN3. The molecular weight excluding hydrogens is 246 g/mol. The van der Waals surface area contributed by atoms with Gasteiger partial charge in [0.15, 0.2) is 0 Å². The van der Waals surface area contributed by atoms with Gasteiger partial charge in [0.2, 0.25) is 0 Å². The van der Waals surface area contributed by atoms with Gasteiger partial charge in [-0.15, -0.1) is 0 Å². The van der Waals surface area contributed by atoms with E-state index in [1.54, 1.807) is 6.20 Å². The molecule has 1 heterocycles. The fourth-order valence-electron chi connectivity index (χ4n) is 2.17. The summed E-state index contributed by atoms with van der Waals surface area (Å²) in [5, 5.41) is 8.70. The molecule has 1 aromatic rings. The van der Waals surface area contributed by atoms with E-state index in [4.69, 9.17) is 11.6 Å². The van der Waals surface area contributed by atoms with Gasteiger partial charge in [0.25, 0.3) is 0 Å². The first-order chi connectivity index (χ1) is 8.47. The van der Waals surface area contributed by atoms with Crippen molar-refractivity contribution in [1.82, 2.24) is 15.1 Å². The van der Waals surface area contributed by atoms with E-state index in [0.717, 1.165) is 23.7 Å². The zero-order chi connectivity index (χ0) is 13.7. The second kappa shape index (κ2) is 7.15. The van der Waals surface area contributed by atoms with Crippen LogP contribution in [0.1, 0.15) is 65.2 Å². The third kappa shape index (κ3) is 3.99. The first-order valence-corrected chi connectivity index (χ1v) is 7.31. The Balaban J connectivity index is 2.93. The molecule has 0 amide bonds. The zero-order valence-electron chi connectivity index (χ0n) is 12.2. The normalized spacial score (nSPS) is 13.6. The van der Waals surface area contributed by atoms with E-state index in [0.29, 0.717) is 18.0 Å². The molecule has 3 nitrogen and oxygen atoms in total. The van der Waals surface area contributed by atoms with Crippen LogP contribution in [0.25, 0.3) is 0 Å². The van der Waals surface area contributed by atoms with E-state index < -0.39 is 0 Å². The Labute approximate surface area is 116 Å². The summed E-state index contributed by atoms with van der Waals surface area (Å²) in [6, 6.07) is 0.641. The van der Waals surface area contributed by atoms with Crippen molar-refractivity contribution >= 4 is 11.6 Å². The molecule has 0 aliphatic carbocycles. The Hall–Kier alpha value is -0.540. The quantitative estimate of drug-likeness (QED) is 0.805. The lowest BCUT2D eigenvalue weighted by Crippen LogP contribution is -2.25. The maximum absolute atomic E-state index is 6.31. The third-order valence-electron chi connectivity index (χ3n) is 3.09. The van der Waals surface area contributed by atoms with E-state index >= 15 is 0 Å². The lowest BCUT2D eigenvalue weighted by atomic mass is 10.0. The van der Waals surface area contributed by atoms with Crippen LogP contribution in [0, 0.1) is 5.92 Å². The van der Waals surface area contributed by atoms with Crippen molar-refractivity contribution < 1.29 is 0 Å². The second-order valence-corrected chi connectivity index (χ2v) is 5.90. The van der Waals surface area contributed by atoms with Crippen LogP contribution in [0.2, 0.25) is 5.02 Å². The van der Waals surface area contributed by atoms with Gasteiger partial charge in [-0.1, -0.05) is 32.4 Å². The van der Waals surface area contributed by atoms with Crippen LogP contribution in [0.15, 0.2) is 6.20 Å². The van der Waals surface area contributed by atoms with Crippen molar-refractivity contribution in [3.05, 3.63) is 16.9 Å². The molecule has 0 aliphatic heterocycles. The molecule has 0 saturated heterocycles. The van der Waals surface area contributed by atoms with Crippen LogP contribution in [-0.4, -0.2) is 16.3 Å². The van der Waals surface area contributed by atoms with Crippen molar-refractivity contribution in [1.29, 1.82) is 0 Å². The Kier molecular flexibility index (Phi) is 6.16. The average molecular weight is 272 g/mol. The first kappa shape index (κ1) is 15.5. The molecule has 1 unspecified atom stereocenters. The van der Waals surface area contributed by atoms with Crippen LogP contribution >= 0.6 is 11.6 Å². The highest BCUT2D eigenvalue weighted by atomic mass is 35.5. The van der Waals surface area contributed by atoms with E-state index in [1.807, 2.05) is 4.68 Å². The van der Waals surface area contributed by atoms with Gasteiger partial charge >= 0.3 is 0 Å². The van der Waals surface area contributed by atoms with Crippen molar-refractivity contribution in [3.8, 4) is 0 Å². The summed E-state index contributed by atoms with van der Waals surface area (Å²) >= 11 is 6.31. The van der Waals surface area contributed by atoms with Crippen molar-refractivity contribution in [3.63, 3.8) is 0 Å². The monoisotopic (exact) mass is 271 g/mol. The smallest absolute Gasteiger partial charge is 0.0834 e. The Morgan fingerprint density at radius 2 is 1.94 bits per heavy atom. The van der Waals surface area contributed by atoms with Gasteiger partial charge < -0.3 is 5.32 Å². The molecule has 1 rings (SSSR count). The molecule has 0 spiro atoms. The molecule has 104 valence electrons. The molecule has 1 N–H and O–H groups in total. The lowest BCUT2D eigenvalue weighted by molar-refractivity contribution is 0.404. The number of nitrogens with one attached hydrogen (secondary N) is 1. The van der Waals surface area contributed by atoms with Crippen LogP contribution in [-0.2, 0) is 0 Å². The first-order valence-electron chi connectivity index (χ1n) is 6.93. The molecule has 0 bridgehead atoms. The van der Waals surface area contributed by atoms with E-state index in [-0.39, 0.29) is 0 Å². The lowest BCUT2D eigenvalue weighted by Gasteiger charge is -2.22. The summed E-state index contributed by atoms with van der Waals surface area (Å²) in [4.78, 5) is 0. The summed E-state index contributed by atoms with van der Waals surface area (Å²) in [5.74, 6) is 0.709. The predicted octanol–water partition coefficient (Wildman–Crippen LogP) is 4.20. The van der Waals surface area contributed by atoms with Gasteiger partial charge in [0.1, 0.15) is 0 Å². The molecule has 0 aliphatic rings. The van der Waals surface area contributed by atoms with Gasteiger partial charge in [-0.05, 0) is 39.2 Å². The molecule has 18 heavy (non-hydrogen) atoms. The van der Waals surface area contributed by atoms with Crippen molar-refractivity contribution in [2.24, 2.45) is 5.92 Å². The molecule has 0 aromatic carbocycles. The summed E-state index contributed by atoms with van der Waals surface area (Å²) in [6.07, 6.45) is 4.05. The average Bonchev–Trinajstić information content (AvgIpc) is 2.66. The Bertz CT molecular complexity index is 358.